The average molecular weight is 636 g/mol. The van der Waals surface area contributed by atoms with Crippen LogP contribution in [0.1, 0.15) is 48.7 Å². The van der Waals surface area contributed by atoms with Gasteiger partial charge in [-0.1, -0.05) is 66.3 Å². The van der Waals surface area contributed by atoms with Gasteiger partial charge in [0, 0.05) is 24.8 Å². The first-order valence-corrected chi connectivity index (χ1v) is 15.2. The lowest BCUT2D eigenvalue weighted by Crippen LogP contribution is -2.08. The summed E-state index contributed by atoms with van der Waals surface area (Å²) in [6.45, 7) is 4.34. The monoisotopic (exact) mass is 636 g/mol. The molecule has 2 heterocycles. The lowest BCUT2D eigenvalue weighted by molar-refractivity contribution is -0.116. The number of benzene rings is 2. The largest absolute Gasteiger partial charge is 0.524 e. The number of nitrogens with zero attached hydrogens (tertiary/aromatic N) is 3. The van der Waals surface area contributed by atoms with E-state index in [4.69, 9.17) is 15.2 Å². The number of halogens is 1. The van der Waals surface area contributed by atoms with E-state index in [9.17, 15) is 19.1 Å². The van der Waals surface area contributed by atoms with E-state index >= 15 is 0 Å². The van der Waals surface area contributed by atoms with Crippen molar-refractivity contribution in [3.05, 3.63) is 58.9 Å². The second-order valence-electron chi connectivity index (χ2n) is 9.08. The number of imidazole rings is 1. The highest BCUT2D eigenvalue weighted by molar-refractivity contribution is 14.1. The van der Waals surface area contributed by atoms with Gasteiger partial charge < -0.3 is 14.8 Å². The summed E-state index contributed by atoms with van der Waals surface area (Å²) in [7, 11) is -4.78. The lowest BCUT2D eigenvalue weighted by Gasteiger charge is -2.18. The number of para-hydroxylation sites is 1. The van der Waals surface area contributed by atoms with Gasteiger partial charge in [-0.15, -0.1) is 0 Å². The molecule has 37 heavy (non-hydrogen) atoms. The highest BCUT2D eigenvalue weighted by Gasteiger charge is 2.23. The summed E-state index contributed by atoms with van der Waals surface area (Å²) in [6.07, 6.45) is 3.33. The number of rotatable bonds is 11. The van der Waals surface area contributed by atoms with E-state index in [1.165, 1.54) is 0 Å². The Labute approximate surface area is 228 Å². The number of hydrogen-bond acceptors (Lipinski definition) is 6. The molecule has 4 aromatic rings. The molecular weight excluding hydrogens is 606 g/mol. The number of carbonyl (C=O) groups is 1. The molecule has 0 saturated heterocycles. The molecule has 4 rings (SSSR count). The summed E-state index contributed by atoms with van der Waals surface area (Å²) in [5.74, 6) is 1.46. The normalized spacial score (nSPS) is 11.9. The number of hydrogen-bond donors (Lipinski definition) is 3. The minimum atomic E-state index is -4.78. The highest BCUT2D eigenvalue weighted by Crippen LogP contribution is 2.42. The molecule has 0 amide bonds. The fourth-order valence-corrected chi connectivity index (χ4v) is 5.46. The molecule has 0 atom stereocenters. The number of pyridine rings is 1. The van der Waals surface area contributed by atoms with Crippen LogP contribution in [0.25, 0.3) is 21.9 Å². The zero-order valence-corrected chi connectivity index (χ0v) is 23.8. The van der Waals surface area contributed by atoms with Crippen LogP contribution in [0.4, 0.5) is 5.82 Å². The molecule has 0 aliphatic rings. The molecule has 2 aromatic heterocycles. The van der Waals surface area contributed by atoms with Crippen LogP contribution in [0.3, 0.4) is 0 Å². The van der Waals surface area contributed by atoms with Crippen molar-refractivity contribution in [3.63, 3.8) is 0 Å². The molecule has 0 aliphatic heterocycles. The van der Waals surface area contributed by atoms with Gasteiger partial charge in [-0.3, -0.25) is 14.6 Å². The van der Waals surface area contributed by atoms with Crippen molar-refractivity contribution in [3.8, 4) is 5.75 Å². The molecule has 0 fully saturated rings. The van der Waals surface area contributed by atoms with Gasteiger partial charge in [0.2, 0.25) is 0 Å². The van der Waals surface area contributed by atoms with Gasteiger partial charge in [-0.05, 0) is 42.5 Å². The van der Waals surface area contributed by atoms with E-state index in [-0.39, 0.29) is 18.0 Å². The molecular formula is C26H30IN4O5P. The van der Waals surface area contributed by atoms with Crippen LogP contribution in [0.5, 0.6) is 5.75 Å². The number of phosphoric ester groups is 1. The van der Waals surface area contributed by atoms with E-state index in [0.29, 0.717) is 39.9 Å². The molecule has 0 spiro atoms. The average Bonchev–Trinajstić information content (AvgIpc) is 3.21. The number of aryl methyl sites for hydroxylation is 3. The zero-order chi connectivity index (χ0) is 26.7. The van der Waals surface area contributed by atoms with E-state index < -0.39 is 7.82 Å². The fraction of sp³-hybridized carbons (Fsp3) is 0.346. The first-order valence-electron chi connectivity index (χ1n) is 12.1. The van der Waals surface area contributed by atoms with Crippen LogP contribution in [0, 0.1) is 6.92 Å². The summed E-state index contributed by atoms with van der Waals surface area (Å²) < 4.78 is 19.2. The summed E-state index contributed by atoms with van der Waals surface area (Å²) in [6, 6.07) is 11.5. The van der Waals surface area contributed by atoms with Gasteiger partial charge in [0.05, 0.1) is 15.5 Å². The molecule has 9 nitrogen and oxygen atoms in total. The summed E-state index contributed by atoms with van der Waals surface area (Å²) in [4.78, 5) is 40.4. The minimum Gasteiger partial charge on any atom is -0.404 e. The molecule has 0 aliphatic carbocycles. The molecule has 2 aromatic carbocycles. The van der Waals surface area contributed by atoms with E-state index in [1.54, 1.807) is 6.92 Å². The van der Waals surface area contributed by atoms with Crippen molar-refractivity contribution in [2.75, 3.05) is 10.2 Å². The lowest BCUT2D eigenvalue weighted by atomic mass is 10.00. The standard InChI is InChI=1S/C26H30IN4O5P/c1-3-4-9-22-30-23-24(20-7-5-6-8-21(20)29-26(23)28)31(22)15-17-12-16(2)25(36-37(33,34)35)18(13-17)10-11-19(32)14-27/h5-8,12-13H,3-4,9-11,14-15H2,1-2H3,(H2,28,29)(H2,33,34,35). The van der Waals surface area contributed by atoms with E-state index in [2.05, 4.69) is 16.5 Å². The number of fused-ring (bicyclic) bond motifs is 3. The van der Waals surface area contributed by atoms with Gasteiger partial charge >= 0.3 is 7.82 Å². The zero-order valence-electron chi connectivity index (χ0n) is 20.8. The van der Waals surface area contributed by atoms with Crippen LogP contribution in [-0.2, 0) is 28.7 Å². The van der Waals surface area contributed by atoms with Crippen LogP contribution < -0.4 is 10.3 Å². The maximum absolute atomic E-state index is 12.0. The number of alkyl halides is 1. The topological polar surface area (TPSA) is 141 Å². The minimum absolute atomic E-state index is 0.0580. The van der Waals surface area contributed by atoms with Gasteiger partial charge in [0.15, 0.2) is 5.82 Å². The number of anilines is 1. The molecule has 196 valence electrons. The Kier molecular flexibility index (Phi) is 8.52. The number of unbranched alkanes of at least 4 members (excludes halogenated alkanes) is 1. The number of phosphoric acid groups is 1. The Bertz CT molecular complexity index is 1510. The summed E-state index contributed by atoms with van der Waals surface area (Å²) in [5, 5.41) is 0.952. The number of aromatic nitrogens is 3. The van der Waals surface area contributed by atoms with E-state index in [1.807, 2.05) is 59.0 Å². The van der Waals surface area contributed by atoms with Crippen LogP contribution in [-0.4, -0.2) is 34.5 Å². The molecule has 0 bridgehead atoms. The third-order valence-corrected chi connectivity index (χ3v) is 7.50. The summed E-state index contributed by atoms with van der Waals surface area (Å²) in [5.41, 5.74) is 10.8. The third-order valence-electron chi connectivity index (χ3n) is 6.23. The number of nitrogens with two attached hydrogens (primary N) is 1. The van der Waals surface area contributed by atoms with Crippen molar-refractivity contribution in [2.45, 2.75) is 52.5 Å². The molecule has 11 heteroatoms. The Hall–Kier alpha value is -2.53. The van der Waals surface area contributed by atoms with Gasteiger partial charge in [-0.25, -0.2) is 14.5 Å². The van der Waals surface area contributed by atoms with Crippen molar-refractivity contribution < 1.29 is 23.7 Å². The van der Waals surface area contributed by atoms with Crippen LogP contribution >= 0.6 is 30.4 Å². The highest BCUT2D eigenvalue weighted by atomic mass is 127. The Morgan fingerprint density at radius 3 is 2.65 bits per heavy atom. The number of nitrogen functional groups attached to an aromatic ring is 1. The van der Waals surface area contributed by atoms with Gasteiger partial charge in [-0.2, -0.15) is 0 Å². The quantitative estimate of drug-likeness (QED) is 0.115. The fourth-order valence-electron chi connectivity index (χ4n) is 4.58. The number of carbonyl (C=O) groups excluding carboxylic acids is 1. The second-order valence-corrected chi connectivity index (χ2v) is 11.0. The van der Waals surface area contributed by atoms with Gasteiger partial charge in [0.1, 0.15) is 22.9 Å². The van der Waals surface area contributed by atoms with Crippen molar-refractivity contribution in [1.82, 2.24) is 14.5 Å². The Morgan fingerprint density at radius 1 is 1.19 bits per heavy atom. The molecule has 0 unspecified atom stereocenters. The van der Waals surface area contributed by atoms with E-state index in [0.717, 1.165) is 47.1 Å². The predicted octanol–water partition coefficient (Wildman–Crippen LogP) is 5.27. The summed E-state index contributed by atoms with van der Waals surface area (Å²) >= 11 is 2.02. The smallest absolute Gasteiger partial charge is 0.404 e. The van der Waals surface area contributed by atoms with Crippen LogP contribution in [0.2, 0.25) is 0 Å². The first kappa shape index (κ1) is 27.5. The SMILES string of the molecule is CCCCc1nc2c(N)nc3ccccc3c2n1Cc1cc(C)c(OP(=O)(O)O)c(CCC(=O)CI)c1. The third kappa shape index (κ3) is 6.31. The first-order chi connectivity index (χ1) is 17.6. The predicted molar refractivity (Wildman–Crippen MR) is 153 cm³/mol. The number of ketones is 1. The van der Waals surface area contributed by atoms with Crippen LogP contribution in [0.15, 0.2) is 36.4 Å². The number of Topliss-reactive ketones (excluding diaryl/α,β-unsaturated/α-hetero) is 1. The van der Waals surface area contributed by atoms with Crippen molar-refractivity contribution >= 4 is 64.0 Å². The molecule has 0 saturated carbocycles. The van der Waals surface area contributed by atoms with Crippen molar-refractivity contribution in [2.24, 2.45) is 0 Å². The maximum atomic E-state index is 12.0. The molecule has 4 N–H and O–H groups in total. The molecule has 0 radical (unpaired) electrons. The Morgan fingerprint density at radius 2 is 1.95 bits per heavy atom. The maximum Gasteiger partial charge on any atom is 0.524 e. The Balaban J connectivity index is 1.86. The van der Waals surface area contributed by atoms with Gasteiger partial charge in [0.25, 0.3) is 0 Å². The second kappa shape index (κ2) is 11.5. The van der Waals surface area contributed by atoms with Crippen molar-refractivity contribution in [1.29, 1.82) is 0 Å².